The highest BCUT2D eigenvalue weighted by molar-refractivity contribution is 7.98. The average molecular weight is 305 g/mol. The highest BCUT2D eigenvalue weighted by Gasteiger charge is 2.17. The molecule has 1 unspecified atom stereocenters. The molecule has 2 rings (SSSR count). The lowest BCUT2D eigenvalue weighted by molar-refractivity contribution is 0.329. The van der Waals surface area contributed by atoms with Gasteiger partial charge in [0.1, 0.15) is 0 Å². The average Bonchev–Trinajstić information content (AvgIpc) is 2.95. The van der Waals surface area contributed by atoms with Gasteiger partial charge in [-0.2, -0.15) is 4.98 Å². The van der Waals surface area contributed by atoms with Gasteiger partial charge in [0.25, 0.3) is 0 Å². The minimum atomic E-state index is 0.363. The van der Waals surface area contributed by atoms with E-state index in [-0.39, 0.29) is 0 Å². The third-order valence-electron chi connectivity index (χ3n) is 3.48. The summed E-state index contributed by atoms with van der Waals surface area (Å²) in [5.74, 6) is 1.89. The van der Waals surface area contributed by atoms with Crippen molar-refractivity contribution < 1.29 is 4.52 Å². The number of likely N-dealkylation sites (N-methyl/N-ethyl adjacent to an activating group) is 1. The molecule has 1 aromatic carbocycles. The Morgan fingerprint density at radius 1 is 1.24 bits per heavy atom. The number of hydrogen-bond donors (Lipinski definition) is 1. The number of thioether (sulfide) groups is 1. The van der Waals surface area contributed by atoms with Crippen molar-refractivity contribution in [2.75, 3.05) is 12.8 Å². The fourth-order valence-corrected chi connectivity index (χ4v) is 2.60. The molecule has 2 aromatic rings. The van der Waals surface area contributed by atoms with Crippen LogP contribution in [0.2, 0.25) is 0 Å². The molecule has 114 valence electrons. The maximum atomic E-state index is 5.40. The summed E-state index contributed by atoms with van der Waals surface area (Å²) >= 11 is 1.72. The second kappa shape index (κ2) is 7.61. The van der Waals surface area contributed by atoms with E-state index < -0.39 is 0 Å². The first-order valence-electron chi connectivity index (χ1n) is 7.34. The number of rotatable bonds is 7. The van der Waals surface area contributed by atoms with E-state index in [9.17, 15) is 0 Å². The standard InChI is InChI=1S/C16H23N3OS/c1-5-17-14(11(2)3)10-15-18-16(19-20-15)12-6-8-13(21-4)9-7-12/h6-9,11,14,17H,5,10H2,1-4H3. The Morgan fingerprint density at radius 3 is 2.52 bits per heavy atom. The van der Waals surface area contributed by atoms with Gasteiger partial charge in [-0.25, -0.2) is 0 Å². The molecule has 0 aliphatic carbocycles. The molecule has 1 N–H and O–H groups in total. The Balaban J connectivity index is 2.09. The van der Waals surface area contributed by atoms with Gasteiger partial charge in [-0.3, -0.25) is 0 Å². The molecule has 21 heavy (non-hydrogen) atoms. The summed E-state index contributed by atoms with van der Waals surface area (Å²) in [5.41, 5.74) is 0.993. The topological polar surface area (TPSA) is 51.0 Å². The van der Waals surface area contributed by atoms with E-state index in [0.29, 0.717) is 23.7 Å². The highest BCUT2D eigenvalue weighted by atomic mass is 32.2. The second-order valence-corrected chi connectivity index (χ2v) is 6.23. The molecule has 0 saturated heterocycles. The van der Waals surface area contributed by atoms with E-state index in [1.54, 1.807) is 11.8 Å². The van der Waals surface area contributed by atoms with Crippen LogP contribution in [0.25, 0.3) is 11.4 Å². The smallest absolute Gasteiger partial charge is 0.228 e. The van der Waals surface area contributed by atoms with Gasteiger partial charge < -0.3 is 9.84 Å². The Hall–Kier alpha value is -1.33. The highest BCUT2D eigenvalue weighted by Crippen LogP contribution is 2.21. The molecule has 0 saturated carbocycles. The van der Waals surface area contributed by atoms with Crippen LogP contribution < -0.4 is 5.32 Å². The third-order valence-corrected chi connectivity index (χ3v) is 4.23. The van der Waals surface area contributed by atoms with Crippen LogP contribution in [-0.2, 0) is 6.42 Å². The van der Waals surface area contributed by atoms with Gasteiger partial charge in [0.05, 0.1) is 0 Å². The van der Waals surface area contributed by atoms with Gasteiger partial charge >= 0.3 is 0 Å². The van der Waals surface area contributed by atoms with E-state index in [4.69, 9.17) is 4.52 Å². The second-order valence-electron chi connectivity index (χ2n) is 5.35. The van der Waals surface area contributed by atoms with Gasteiger partial charge in [-0.15, -0.1) is 11.8 Å². The molecule has 1 aromatic heterocycles. The van der Waals surface area contributed by atoms with Gasteiger partial charge in [-0.05, 0) is 43.0 Å². The summed E-state index contributed by atoms with van der Waals surface area (Å²) in [6.07, 6.45) is 2.83. The molecule has 5 heteroatoms. The Bertz CT molecular complexity index is 551. The summed E-state index contributed by atoms with van der Waals surface area (Å²) < 4.78 is 5.40. The number of hydrogen-bond acceptors (Lipinski definition) is 5. The molecular formula is C16H23N3OS. The van der Waals surface area contributed by atoms with E-state index in [2.05, 4.69) is 54.6 Å². The summed E-state index contributed by atoms with van der Waals surface area (Å²) in [5, 5.41) is 7.56. The molecular weight excluding hydrogens is 282 g/mol. The van der Waals surface area contributed by atoms with E-state index in [0.717, 1.165) is 18.5 Å². The molecule has 0 spiro atoms. The van der Waals surface area contributed by atoms with Gasteiger partial charge in [0, 0.05) is 22.9 Å². The summed E-state index contributed by atoms with van der Waals surface area (Å²) in [6, 6.07) is 8.58. The van der Waals surface area contributed by atoms with Crippen molar-refractivity contribution in [3.8, 4) is 11.4 Å². The summed E-state index contributed by atoms with van der Waals surface area (Å²) in [4.78, 5) is 5.75. The molecule has 0 amide bonds. The molecule has 0 bridgehead atoms. The number of nitrogens with zero attached hydrogens (tertiary/aromatic N) is 2. The van der Waals surface area contributed by atoms with Crippen molar-refractivity contribution in [2.24, 2.45) is 5.92 Å². The Morgan fingerprint density at radius 2 is 1.95 bits per heavy atom. The van der Waals surface area contributed by atoms with Crippen molar-refractivity contribution >= 4 is 11.8 Å². The first-order valence-corrected chi connectivity index (χ1v) is 8.57. The SMILES string of the molecule is CCNC(Cc1nc(-c2ccc(SC)cc2)no1)C(C)C. The monoisotopic (exact) mass is 305 g/mol. The van der Waals surface area contributed by atoms with Crippen LogP contribution >= 0.6 is 11.8 Å². The van der Waals surface area contributed by atoms with Crippen molar-refractivity contribution in [1.82, 2.24) is 15.5 Å². The van der Waals surface area contributed by atoms with Crippen LogP contribution in [0.4, 0.5) is 0 Å². The molecule has 0 aliphatic heterocycles. The van der Waals surface area contributed by atoms with Crippen molar-refractivity contribution in [3.05, 3.63) is 30.2 Å². The molecule has 0 radical (unpaired) electrons. The zero-order valence-electron chi connectivity index (χ0n) is 13.1. The largest absolute Gasteiger partial charge is 0.339 e. The number of nitrogens with one attached hydrogen (secondary N) is 1. The van der Waals surface area contributed by atoms with Crippen LogP contribution in [0.15, 0.2) is 33.7 Å². The first kappa shape index (κ1) is 16.0. The fourth-order valence-electron chi connectivity index (χ4n) is 2.19. The zero-order chi connectivity index (χ0) is 15.2. The van der Waals surface area contributed by atoms with Crippen LogP contribution in [0.5, 0.6) is 0 Å². The maximum absolute atomic E-state index is 5.40. The lowest BCUT2D eigenvalue weighted by Crippen LogP contribution is -2.35. The molecule has 0 aliphatic rings. The predicted molar refractivity (Wildman–Crippen MR) is 87.5 cm³/mol. The van der Waals surface area contributed by atoms with Crippen molar-refractivity contribution in [1.29, 1.82) is 0 Å². The lowest BCUT2D eigenvalue weighted by Gasteiger charge is -2.19. The van der Waals surface area contributed by atoms with Gasteiger partial charge in [0.2, 0.25) is 11.7 Å². The van der Waals surface area contributed by atoms with E-state index in [1.165, 1.54) is 4.90 Å². The van der Waals surface area contributed by atoms with Crippen LogP contribution in [0, 0.1) is 5.92 Å². The van der Waals surface area contributed by atoms with E-state index >= 15 is 0 Å². The van der Waals surface area contributed by atoms with Crippen LogP contribution in [-0.4, -0.2) is 29.0 Å². The first-order chi connectivity index (χ1) is 10.1. The molecule has 1 heterocycles. The van der Waals surface area contributed by atoms with Crippen molar-refractivity contribution in [2.45, 2.75) is 38.1 Å². The summed E-state index contributed by atoms with van der Waals surface area (Å²) in [6.45, 7) is 7.46. The maximum Gasteiger partial charge on any atom is 0.228 e. The van der Waals surface area contributed by atoms with Crippen LogP contribution in [0.1, 0.15) is 26.7 Å². The molecule has 4 nitrogen and oxygen atoms in total. The zero-order valence-corrected chi connectivity index (χ0v) is 13.9. The van der Waals surface area contributed by atoms with Gasteiger partial charge in [-0.1, -0.05) is 25.9 Å². The van der Waals surface area contributed by atoms with Crippen molar-refractivity contribution in [3.63, 3.8) is 0 Å². The van der Waals surface area contributed by atoms with E-state index in [1.807, 2.05) is 12.1 Å². The number of benzene rings is 1. The quantitative estimate of drug-likeness (QED) is 0.792. The third kappa shape index (κ3) is 4.32. The van der Waals surface area contributed by atoms with Crippen LogP contribution in [0.3, 0.4) is 0 Å². The molecule has 1 atom stereocenters. The molecule has 0 fully saturated rings. The minimum absolute atomic E-state index is 0.363. The number of aromatic nitrogens is 2. The Labute approximate surface area is 130 Å². The Kier molecular flexibility index (Phi) is 5.82. The normalized spacial score (nSPS) is 12.8. The fraction of sp³-hybridized carbons (Fsp3) is 0.500. The van der Waals surface area contributed by atoms with Gasteiger partial charge in [0.15, 0.2) is 0 Å². The minimum Gasteiger partial charge on any atom is -0.339 e. The predicted octanol–water partition coefficient (Wildman–Crippen LogP) is 3.64. The lowest BCUT2D eigenvalue weighted by atomic mass is 10.0. The summed E-state index contributed by atoms with van der Waals surface area (Å²) in [7, 11) is 0.